The van der Waals surface area contributed by atoms with Gasteiger partial charge in [0.05, 0.1) is 0 Å². The molecule has 47 heavy (non-hydrogen) atoms. The molecule has 2 heteroatoms. The van der Waals surface area contributed by atoms with Gasteiger partial charge in [-0.2, -0.15) is 0 Å². The highest BCUT2D eigenvalue weighted by Gasteiger charge is 1.95. The second kappa shape index (κ2) is 39.3. The molecule has 0 fully saturated rings. The molecule has 0 aromatic heterocycles. The van der Waals surface area contributed by atoms with Crippen LogP contribution in [0.25, 0.3) is 0 Å². The normalized spacial score (nSPS) is 12.6. The molecule has 260 valence electrons. The minimum Gasteiger partial charge on any atom is -0.377 e. The molecule has 2 atom stereocenters. The average molecular weight is 641 g/mol. The van der Waals surface area contributed by atoms with Crippen LogP contribution in [-0.4, -0.2) is 22.4 Å². The van der Waals surface area contributed by atoms with Crippen LogP contribution >= 0.6 is 0 Å². The zero-order chi connectivity index (χ0) is 34.1. The first kappa shape index (κ1) is 44.1. The fourth-order valence-electron chi connectivity index (χ4n) is 5.22. The highest BCUT2D eigenvalue weighted by Crippen LogP contribution is 2.13. The maximum Gasteiger partial charge on any atom is 0.176 e. The molecule has 0 aromatic rings. The predicted octanol–water partition coefficient (Wildman–Crippen LogP) is 11.7. The molecule has 0 saturated heterocycles. The summed E-state index contributed by atoms with van der Waals surface area (Å²) in [4.78, 5) is 0. The Hall–Kier alpha value is -2.88. The van der Waals surface area contributed by atoms with Gasteiger partial charge in [-0.05, 0) is 102 Å². The summed E-state index contributed by atoms with van der Waals surface area (Å²) in [6.07, 6.45) is 58.4. The van der Waals surface area contributed by atoms with E-state index in [0.29, 0.717) is 0 Å². The van der Waals surface area contributed by atoms with Crippen LogP contribution in [0.15, 0.2) is 48.6 Å². The highest BCUT2D eigenvalue weighted by molar-refractivity contribution is 5.19. The Morgan fingerprint density at radius 3 is 1.21 bits per heavy atom. The van der Waals surface area contributed by atoms with E-state index in [2.05, 4.69) is 65.9 Å². The SMILES string of the molecule is C#C/C=C\CCCCCCCCCCCCC/C=C\CCCC/C=C\CCCCC#C[C@@H](O)C#CCCCCCC/C=C/[C@H](O)C#C. The van der Waals surface area contributed by atoms with Crippen LogP contribution in [-0.2, 0) is 0 Å². The molecule has 0 amide bonds. The molecular formula is C45H68O2. The van der Waals surface area contributed by atoms with E-state index in [4.69, 9.17) is 12.8 Å². The average Bonchev–Trinajstić information content (AvgIpc) is 3.08. The van der Waals surface area contributed by atoms with E-state index in [1.165, 1.54) is 103 Å². The van der Waals surface area contributed by atoms with Gasteiger partial charge in [0.2, 0.25) is 0 Å². The number of hydrogen-bond acceptors (Lipinski definition) is 2. The van der Waals surface area contributed by atoms with Crippen LogP contribution in [0.3, 0.4) is 0 Å². The maximum atomic E-state index is 9.91. The van der Waals surface area contributed by atoms with Crippen molar-refractivity contribution in [3.63, 3.8) is 0 Å². The van der Waals surface area contributed by atoms with E-state index in [9.17, 15) is 10.2 Å². The number of aliphatic hydroxyl groups is 2. The monoisotopic (exact) mass is 641 g/mol. The lowest BCUT2D eigenvalue weighted by molar-refractivity contribution is 0.280. The number of hydrogen-bond donors (Lipinski definition) is 2. The molecule has 0 heterocycles. The van der Waals surface area contributed by atoms with Crippen molar-refractivity contribution < 1.29 is 10.2 Å². The minimum atomic E-state index is -0.832. The van der Waals surface area contributed by atoms with Crippen LogP contribution in [0.5, 0.6) is 0 Å². The van der Waals surface area contributed by atoms with Gasteiger partial charge in [0.1, 0.15) is 6.10 Å². The van der Waals surface area contributed by atoms with Gasteiger partial charge in [-0.1, -0.05) is 143 Å². The lowest BCUT2D eigenvalue weighted by atomic mass is 10.0. The number of terminal acetylenes is 2. The third-order valence-electron chi connectivity index (χ3n) is 8.09. The van der Waals surface area contributed by atoms with Crippen molar-refractivity contribution >= 4 is 0 Å². The van der Waals surface area contributed by atoms with Gasteiger partial charge in [-0.25, -0.2) is 0 Å². The van der Waals surface area contributed by atoms with Gasteiger partial charge in [0, 0.05) is 12.8 Å². The third kappa shape index (κ3) is 39.2. The molecule has 0 radical (unpaired) electrons. The molecule has 0 aliphatic rings. The van der Waals surface area contributed by atoms with Crippen LogP contribution in [0.1, 0.15) is 173 Å². The van der Waals surface area contributed by atoms with Gasteiger partial charge in [0.25, 0.3) is 0 Å². The molecule has 0 bridgehead atoms. The summed E-state index contributed by atoms with van der Waals surface area (Å²) in [7, 11) is 0. The second-order valence-corrected chi connectivity index (χ2v) is 12.5. The first-order valence-electron chi connectivity index (χ1n) is 19.1. The molecule has 0 aliphatic carbocycles. The Balaban J connectivity index is 3.42. The fourth-order valence-corrected chi connectivity index (χ4v) is 5.22. The van der Waals surface area contributed by atoms with Crippen molar-refractivity contribution in [2.24, 2.45) is 0 Å². The van der Waals surface area contributed by atoms with Crippen LogP contribution < -0.4 is 0 Å². The Bertz CT molecular complexity index is 1010. The summed E-state index contributed by atoms with van der Waals surface area (Å²) >= 11 is 0. The number of rotatable bonds is 30. The zero-order valence-corrected chi connectivity index (χ0v) is 29.9. The highest BCUT2D eigenvalue weighted by atomic mass is 16.3. The summed E-state index contributed by atoms with van der Waals surface area (Å²) in [5.41, 5.74) is 0. The van der Waals surface area contributed by atoms with E-state index in [-0.39, 0.29) is 0 Å². The molecule has 2 N–H and O–H groups in total. The van der Waals surface area contributed by atoms with E-state index >= 15 is 0 Å². The van der Waals surface area contributed by atoms with E-state index < -0.39 is 12.2 Å². The summed E-state index contributed by atoms with van der Waals surface area (Å²) in [6.45, 7) is 0. The Labute approximate surface area is 292 Å². The fraction of sp³-hybridized carbons (Fsp3) is 0.644. The van der Waals surface area contributed by atoms with Gasteiger partial charge < -0.3 is 10.2 Å². The molecule has 0 aromatic carbocycles. The first-order valence-corrected chi connectivity index (χ1v) is 19.1. The minimum absolute atomic E-state index is 0.768. The topological polar surface area (TPSA) is 40.5 Å². The lowest BCUT2D eigenvalue weighted by Crippen LogP contribution is -1.97. The first-order chi connectivity index (χ1) is 23.2. The van der Waals surface area contributed by atoms with Gasteiger partial charge >= 0.3 is 0 Å². The molecule has 0 spiro atoms. The molecule has 2 nitrogen and oxygen atoms in total. The van der Waals surface area contributed by atoms with Crippen LogP contribution in [0.2, 0.25) is 0 Å². The summed E-state index contributed by atoms with van der Waals surface area (Å²) in [5.74, 6) is 16.6. The quantitative estimate of drug-likeness (QED) is 0.0466. The number of aliphatic hydroxyl groups excluding tert-OH is 2. The number of allylic oxidation sites excluding steroid dienone is 7. The van der Waals surface area contributed by atoms with Crippen molar-refractivity contribution in [2.75, 3.05) is 0 Å². The van der Waals surface area contributed by atoms with Crippen molar-refractivity contribution in [3.05, 3.63) is 48.6 Å². The summed E-state index contributed by atoms with van der Waals surface area (Å²) in [6, 6.07) is 0. The number of unbranched alkanes of at least 4 members (excludes halogenated alkanes) is 23. The Morgan fingerprint density at radius 2 is 0.766 bits per heavy atom. The van der Waals surface area contributed by atoms with Crippen molar-refractivity contribution in [1.82, 2.24) is 0 Å². The third-order valence-corrected chi connectivity index (χ3v) is 8.09. The maximum absolute atomic E-state index is 9.91. The van der Waals surface area contributed by atoms with Gasteiger partial charge in [-0.3, -0.25) is 0 Å². The molecule has 0 saturated carbocycles. The standard InChI is InChI=1S/C45H68O2/c1-3-5-6-7-8-9-10-11-12-13-14-15-16-17-18-19-20-21-22-23-24-25-26-27-28-29-33-36-39-42-45(47)43-40-37-34-31-30-32-35-38-41-44(46)4-2/h1-2,5-6,20-21,26-27,38,41,44-47H,7-19,22-25,28-37H2/b6-5-,21-20-,27-26-,41-38+/t44-,45-/m1/s1. The van der Waals surface area contributed by atoms with E-state index in [1.807, 2.05) is 12.2 Å². The van der Waals surface area contributed by atoms with Gasteiger partial charge in [-0.15, -0.1) is 12.8 Å². The van der Waals surface area contributed by atoms with Gasteiger partial charge in [0.15, 0.2) is 6.10 Å². The smallest absolute Gasteiger partial charge is 0.176 e. The zero-order valence-electron chi connectivity index (χ0n) is 29.9. The summed E-state index contributed by atoms with van der Waals surface area (Å²) in [5, 5.41) is 19.1. The van der Waals surface area contributed by atoms with E-state index in [1.54, 1.807) is 6.08 Å². The second-order valence-electron chi connectivity index (χ2n) is 12.5. The predicted molar refractivity (Wildman–Crippen MR) is 206 cm³/mol. The van der Waals surface area contributed by atoms with Crippen LogP contribution in [0.4, 0.5) is 0 Å². The molecule has 0 rings (SSSR count). The van der Waals surface area contributed by atoms with E-state index in [0.717, 1.165) is 70.6 Å². The summed E-state index contributed by atoms with van der Waals surface area (Å²) < 4.78 is 0. The Morgan fingerprint density at radius 1 is 0.426 bits per heavy atom. The van der Waals surface area contributed by atoms with Crippen molar-refractivity contribution in [2.45, 2.75) is 186 Å². The van der Waals surface area contributed by atoms with Crippen molar-refractivity contribution in [3.8, 4) is 48.4 Å². The molecular weight excluding hydrogens is 572 g/mol. The lowest BCUT2D eigenvalue weighted by Gasteiger charge is -2.02. The largest absolute Gasteiger partial charge is 0.377 e. The molecule has 0 aliphatic heterocycles. The Kier molecular flexibility index (Phi) is 36.9. The van der Waals surface area contributed by atoms with Crippen LogP contribution in [0, 0.1) is 48.4 Å². The van der Waals surface area contributed by atoms with Crippen molar-refractivity contribution in [1.29, 1.82) is 0 Å². The molecule has 0 unspecified atom stereocenters.